The van der Waals surface area contributed by atoms with Gasteiger partial charge in [0, 0.05) is 24.4 Å². The summed E-state index contributed by atoms with van der Waals surface area (Å²) in [4.78, 5) is 53.7. The molecular formula is C18H22N2O4. The zero-order chi connectivity index (χ0) is 17.5. The highest BCUT2D eigenvalue weighted by molar-refractivity contribution is 6.11. The molecule has 1 saturated carbocycles. The zero-order valence-electron chi connectivity index (χ0n) is 14.4. The Morgan fingerprint density at radius 1 is 0.833 bits per heavy atom. The van der Waals surface area contributed by atoms with Crippen molar-refractivity contribution in [2.45, 2.75) is 32.7 Å². The highest BCUT2D eigenvalue weighted by Crippen LogP contribution is 2.58. The van der Waals surface area contributed by atoms with Crippen molar-refractivity contribution in [1.29, 1.82) is 0 Å². The first-order chi connectivity index (χ1) is 11.2. The van der Waals surface area contributed by atoms with Crippen molar-refractivity contribution < 1.29 is 19.2 Å². The maximum atomic E-state index is 13.1. The topological polar surface area (TPSA) is 74.8 Å². The summed E-state index contributed by atoms with van der Waals surface area (Å²) >= 11 is 0. The Labute approximate surface area is 140 Å². The molecule has 6 atom stereocenters. The normalized spacial score (nSPS) is 40.7. The molecule has 5 aliphatic rings. The number of hydrogen-bond donors (Lipinski definition) is 0. The van der Waals surface area contributed by atoms with E-state index in [9.17, 15) is 19.2 Å². The van der Waals surface area contributed by atoms with Gasteiger partial charge in [0.1, 0.15) is 0 Å². The Kier molecular flexibility index (Phi) is 2.95. The second kappa shape index (κ2) is 4.55. The second-order valence-corrected chi connectivity index (χ2v) is 8.06. The van der Waals surface area contributed by atoms with Crippen LogP contribution in [0, 0.1) is 35.5 Å². The van der Waals surface area contributed by atoms with Crippen LogP contribution in [0.15, 0.2) is 12.2 Å². The van der Waals surface area contributed by atoms with Crippen LogP contribution < -0.4 is 0 Å². The van der Waals surface area contributed by atoms with Crippen molar-refractivity contribution in [3.05, 3.63) is 12.2 Å². The summed E-state index contributed by atoms with van der Waals surface area (Å²) in [5.74, 6) is -3.44. The minimum atomic E-state index is -0.551. The SMILES string of the molecule is CCC(C)(C)N1C(=O)C2C3C=CC(C4C(=O)N(C)C(=O)C34)C2C1=O. The van der Waals surface area contributed by atoms with E-state index in [2.05, 4.69) is 0 Å². The van der Waals surface area contributed by atoms with Gasteiger partial charge in [-0.2, -0.15) is 0 Å². The summed E-state index contributed by atoms with van der Waals surface area (Å²) in [6.45, 7) is 5.73. The smallest absolute Gasteiger partial charge is 0.234 e. The molecule has 3 fully saturated rings. The number of allylic oxidation sites excluding steroid dienone is 2. The molecule has 0 aromatic rings. The molecule has 2 heterocycles. The molecule has 6 heteroatoms. The highest BCUT2D eigenvalue weighted by Gasteiger charge is 2.69. The lowest BCUT2D eigenvalue weighted by Crippen LogP contribution is -2.50. The third kappa shape index (κ3) is 1.57. The monoisotopic (exact) mass is 330 g/mol. The molecule has 6 nitrogen and oxygen atoms in total. The third-order valence-electron chi connectivity index (χ3n) is 6.70. The van der Waals surface area contributed by atoms with E-state index >= 15 is 0 Å². The van der Waals surface area contributed by atoms with Crippen molar-refractivity contribution in [3.63, 3.8) is 0 Å². The van der Waals surface area contributed by atoms with Crippen LogP contribution in [-0.4, -0.2) is 46.0 Å². The summed E-state index contributed by atoms with van der Waals surface area (Å²) in [6, 6.07) is 0. The summed E-state index contributed by atoms with van der Waals surface area (Å²) in [6.07, 6.45) is 4.45. The molecule has 2 bridgehead atoms. The van der Waals surface area contributed by atoms with Crippen LogP contribution in [0.4, 0.5) is 0 Å². The number of likely N-dealkylation sites (tertiary alicyclic amines) is 2. The van der Waals surface area contributed by atoms with Crippen molar-refractivity contribution in [2.24, 2.45) is 35.5 Å². The van der Waals surface area contributed by atoms with Gasteiger partial charge < -0.3 is 0 Å². The van der Waals surface area contributed by atoms with E-state index < -0.39 is 29.2 Å². The van der Waals surface area contributed by atoms with Crippen LogP contribution in [-0.2, 0) is 19.2 Å². The van der Waals surface area contributed by atoms with Gasteiger partial charge in [0.2, 0.25) is 23.6 Å². The van der Waals surface area contributed by atoms with Gasteiger partial charge in [0.05, 0.1) is 23.7 Å². The summed E-state index contributed by atoms with van der Waals surface area (Å²) in [5.41, 5.74) is -0.551. The average molecular weight is 330 g/mol. The van der Waals surface area contributed by atoms with Gasteiger partial charge >= 0.3 is 0 Å². The Balaban J connectivity index is 1.80. The van der Waals surface area contributed by atoms with Crippen LogP contribution in [0.2, 0.25) is 0 Å². The fraction of sp³-hybridized carbons (Fsp3) is 0.667. The van der Waals surface area contributed by atoms with E-state index in [1.165, 1.54) is 16.8 Å². The van der Waals surface area contributed by atoms with Crippen molar-refractivity contribution in [1.82, 2.24) is 9.80 Å². The number of rotatable bonds is 2. The van der Waals surface area contributed by atoms with Crippen LogP contribution >= 0.6 is 0 Å². The second-order valence-electron chi connectivity index (χ2n) is 8.06. The number of hydrogen-bond acceptors (Lipinski definition) is 4. The molecule has 6 unspecified atom stereocenters. The van der Waals surface area contributed by atoms with E-state index in [1.807, 2.05) is 32.9 Å². The van der Waals surface area contributed by atoms with E-state index in [0.717, 1.165) is 0 Å². The largest absolute Gasteiger partial charge is 0.285 e. The quantitative estimate of drug-likeness (QED) is 0.555. The van der Waals surface area contributed by atoms with E-state index in [0.29, 0.717) is 6.42 Å². The first-order valence-corrected chi connectivity index (χ1v) is 8.60. The van der Waals surface area contributed by atoms with Gasteiger partial charge in [-0.3, -0.25) is 29.0 Å². The standard InChI is InChI=1S/C18H22N2O4/c1-5-18(2,3)20-16(23)12-8-6-7-9(13(12)17(20)24)11-10(8)14(21)19(4)15(11)22/h6-13H,5H2,1-4H3. The molecule has 0 spiro atoms. The van der Waals surface area contributed by atoms with Gasteiger partial charge in [-0.05, 0) is 20.3 Å². The number of amides is 4. The molecule has 5 rings (SSSR count). The lowest BCUT2D eigenvalue weighted by Gasteiger charge is -2.44. The van der Waals surface area contributed by atoms with E-state index in [1.54, 1.807) is 0 Å². The Hall–Kier alpha value is -1.98. The van der Waals surface area contributed by atoms with Crippen LogP contribution in [0.5, 0.6) is 0 Å². The van der Waals surface area contributed by atoms with Crippen molar-refractivity contribution in [3.8, 4) is 0 Å². The average Bonchev–Trinajstić information content (AvgIpc) is 2.97. The van der Waals surface area contributed by atoms with Gasteiger partial charge in [-0.25, -0.2) is 0 Å². The van der Waals surface area contributed by atoms with Crippen LogP contribution in [0.1, 0.15) is 27.2 Å². The molecule has 2 aliphatic heterocycles. The van der Waals surface area contributed by atoms with Crippen molar-refractivity contribution >= 4 is 23.6 Å². The van der Waals surface area contributed by atoms with Crippen LogP contribution in [0.3, 0.4) is 0 Å². The summed E-state index contributed by atoms with van der Waals surface area (Å²) in [5, 5.41) is 0. The van der Waals surface area contributed by atoms with E-state index in [-0.39, 0.29) is 35.5 Å². The molecule has 0 aromatic carbocycles. The first kappa shape index (κ1) is 15.5. The van der Waals surface area contributed by atoms with Crippen LogP contribution in [0.25, 0.3) is 0 Å². The predicted octanol–water partition coefficient (Wildman–Crippen LogP) is 0.823. The van der Waals surface area contributed by atoms with Gasteiger partial charge in [-0.15, -0.1) is 0 Å². The lowest BCUT2D eigenvalue weighted by molar-refractivity contribution is -0.146. The molecule has 24 heavy (non-hydrogen) atoms. The minimum absolute atomic E-state index is 0.176. The molecule has 4 amide bonds. The molecule has 2 saturated heterocycles. The number of carbonyl (C=O) groups excluding carboxylic acids is 4. The maximum absolute atomic E-state index is 13.1. The highest BCUT2D eigenvalue weighted by atomic mass is 16.2. The lowest BCUT2D eigenvalue weighted by atomic mass is 9.54. The molecule has 0 aromatic heterocycles. The fourth-order valence-electron chi connectivity index (χ4n) is 5.13. The minimum Gasteiger partial charge on any atom is -0.285 e. The summed E-state index contributed by atoms with van der Waals surface area (Å²) < 4.78 is 0. The van der Waals surface area contributed by atoms with Gasteiger partial charge in [0.15, 0.2) is 0 Å². The van der Waals surface area contributed by atoms with E-state index in [4.69, 9.17) is 0 Å². The Morgan fingerprint density at radius 2 is 1.21 bits per heavy atom. The Bertz CT molecular complexity index is 660. The fourth-order valence-corrected chi connectivity index (χ4v) is 5.13. The number of imide groups is 2. The third-order valence-corrected chi connectivity index (χ3v) is 6.70. The maximum Gasteiger partial charge on any atom is 0.234 e. The molecule has 0 N–H and O–H groups in total. The van der Waals surface area contributed by atoms with Gasteiger partial charge in [-0.1, -0.05) is 19.1 Å². The van der Waals surface area contributed by atoms with Gasteiger partial charge in [0.25, 0.3) is 0 Å². The molecule has 128 valence electrons. The summed E-state index contributed by atoms with van der Waals surface area (Å²) in [7, 11) is 1.49. The molecule has 0 radical (unpaired) electrons. The predicted molar refractivity (Wildman–Crippen MR) is 84.1 cm³/mol. The molecular weight excluding hydrogens is 308 g/mol. The Morgan fingerprint density at radius 3 is 1.58 bits per heavy atom. The zero-order valence-corrected chi connectivity index (χ0v) is 14.4. The first-order valence-electron chi connectivity index (χ1n) is 8.60. The molecule has 3 aliphatic carbocycles. The number of carbonyl (C=O) groups is 4. The number of nitrogens with zero attached hydrogens (tertiary/aromatic N) is 2. The van der Waals surface area contributed by atoms with Crippen molar-refractivity contribution in [2.75, 3.05) is 7.05 Å².